The molecule has 1 aromatic carbocycles. The van der Waals surface area contributed by atoms with Gasteiger partial charge < -0.3 is 19.2 Å². The zero-order valence-corrected chi connectivity index (χ0v) is 13.8. The second-order valence-electron chi connectivity index (χ2n) is 5.48. The monoisotopic (exact) mass is 335 g/mol. The number of hydrogen-bond acceptors (Lipinski definition) is 4. The first-order valence-corrected chi connectivity index (χ1v) is 7.89. The highest BCUT2D eigenvalue weighted by molar-refractivity contribution is 6.32. The average molecular weight is 336 g/mol. The first kappa shape index (κ1) is 15.7. The highest BCUT2D eigenvalue weighted by atomic mass is 35.5. The van der Waals surface area contributed by atoms with Gasteiger partial charge in [-0.05, 0) is 38.1 Å². The summed E-state index contributed by atoms with van der Waals surface area (Å²) in [7, 11) is 0. The van der Waals surface area contributed by atoms with Crippen LogP contribution >= 0.6 is 11.6 Å². The summed E-state index contributed by atoms with van der Waals surface area (Å²) in [6.07, 6.45) is 0.779. The number of aryl methyl sites for hydroxylation is 1. The first-order chi connectivity index (χ1) is 11.0. The lowest BCUT2D eigenvalue weighted by Crippen LogP contribution is -2.26. The Kier molecular flexibility index (Phi) is 4.48. The molecule has 3 rings (SSSR count). The van der Waals surface area contributed by atoms with E-state index in [2.05, 4.69) is 5.32 Å². The van der Waals surface area contributed by atoms with Crippen molar-refractivity contribution in [1.29, 1.82) is 0 Å². The molecule has 1 aliphatic rings. The van der Waals surface area contributed by atoms with Gasteiger partial charge >= 0.3 is 0 Å². The van der Waals surface area contributed by atoms with E-state index in [-0.39, 0.29) is 11.9 Å². The first-order valence-electron chi connectivity index (χ1n) is 7.51. The van der Waals surface area contributed by atoms with Crippen LogP contribution in [0, 0.1) is 6.92 Å². The highest BCUT2D eigenvalue weighted by Gasteiger charge is 2.20. The van der Waals surface area contributed by atoms with Crippen LogP contribution in [0.25, 0.3) is 0 Å². The van der Waals surface area contributed by atoms with Gasteiger partial charge in [0.2, 0.25) is 0 Å². The second kappa shape index (κ2) is 6.54. The summed E-state index contributed by atoms with van der Waals surface area (Å²) < 4.78 is 16.7. The van der Waals surface area contributed by atoms with Crippen LogP contribution in [0.2, 0.25) is 5.02 Å². The molecule has 5 nitrogen and oxygen atoms in total. The van der Waals surface area contributed by atoms with Gasteiger partial charge in [-0.15, -0.1) is 0 Å². The van der Waals surface area contributed by atoms with Gasteiger partial charge in [0.05, 0.1) is 24.3 Å². The lowest BCUT2D eigenvalue weighted by atomic mass is 10.1. The van der Waals surface area contributed by atoms with E-state index in [4.69, 9.17) is 25.5 Å². The van der Waals surface area contributed by atoms with Crippen molar-refractivity contribution >= 4 is 17.5 Å². The number of ether oxygens (including phenoxy) is 2. The van der Waals surface area contributed by atoms with Crippen LogP contribution in [-0.4, -0.2) is 19.1 Å². The van der Waals surface area contributed by atoms with Crippen molar-refractivity contribution in [2.45, 2.75) is 26.3 Å². The SMILES string of the molecule is Cc1ccc(C(C)NC(=O)c2cc(Cl)c3c(c2)OCCCO3)o1. The van der Waals surface area contributed by atoms with Crippen LogP contribution in [0.3, 0.4) is 0 Å². The summed E-state index contributed by atoms with van der Waals surface area (Å²) in [6, 6.07) is 6.71. The van der Waals surface area contributed by atoms with Gasteiger partial charge in [-0.2, -0.15) is 0 Å². The average Bonchev–Trinajstić information content (AvgIpc) is 2.81. The van der Waals surface area contributed by atoms with Gasteiger partial charge in [0, 0.05) is 12.0 Å². The summed E-state index contributed by atoms with van der Waals surface area (Å²) in [5, 5.41) is 3.26. The van der Waals surface area contributed by atoms with Gasteiger partial charge in [-0.1, -0.05) is 11.6 Å². The fourth-order valence-corrected chi connectivity index (χ4v) is 2.66. The molecule has 0 bridgehead atoms. The number of furan rings is 1. The van der Waals surface area contributed by atoms with Gasteiger partial charge in [-0.3, -0.25) is 4.79 Å². The Hall–Kier alpha value is -2.14. The molecule has 23 heavy (non-hydrogen) atoms. The predicted molar refractivity (Wildman–Crippen MR) is 86.4 cm³/mol. The van der Waals surface area contributed by atoms with Crippen molar-refractivity contribution in [3.05, 3.63) is 46.4 Å². The molecule has 0 aliphatic carbocycles. The van der Waals surface area contributed by atoms with Gasteiger partial charge in [-0.25, -0.2) is 0 Å². The van der Waals surface area contributed by atoms with Gasteiger partial charge in [0.15, 0.2) is 11.5 Å². The van der Waals surface area contributed by atoms with Crippen molar-refractivity contribution < 1.29 is 18.7 Å². The fourth-order valence-electron chi connectivity index (χ4n) is 2.40. The number of benzene rings is 1. The largest absolute Gasteiger partial charge is 0.489 e. The maximum Gasteiger partial charge on any atom is 0.252 e. The molecule has 2 aromatic rings. The standard InChI is InChI=1S/C17H18ClNO4/c1-10-4-5-14(23-10)11(2)19-17(20)12-8-13(18)16-15(9-12)21-6-3-7-22-16/h4-5,8-9,11H,3,6-7H2,1-2H3,(H,19,20). The number of rotatable bonds is 3. The smallest absolute Gasteiger partial charge is 0.252 e. The molecule has 1 unspecified atom stereocenters. The molecule has 6 heteroatoms. The van der Waals surface area contributed by atoms with Crippen molar-refractivity contribution in [1.82, 2.24) is 5.32 Å². The molecule has 1 aromatic heterocycles. The molecule has 0 spiro atoms. The minimum atomic E-state index is -0.246. The zero-order valence-electron chi connectivity index (χ0n) is 13.0. The third kappa shape index (κ3) is 3.45. The highest BCUT2D eigenvalue weighted by Crippen LogP contribution is 2.38. The summed E-state index contributed by atoms with van der Waals surface area (Å²) in [5.74, 6) is 2.26. The van der Waals surface area contributed by atoms with Crippen LogP contribution < -0.4 is 14.8 Å². The Bertz CT molecular complexity index is 725. The lowest BCUT2D eigenvalue weighted by Gasteiger charge is -2.14. The zero-order chi connectivity index (χ0) is 16.4. The normalized spacial score (nSPS) is 14.9. The summed E-state index contributed by atoms with van der Waals surface area (Å²) in [6.45, 7) is 4.81. The molecule has 1 atom stereocenters. The Balaban J connectivity index is 1.79. The van der Waals surface area contributed by atoms with E-state index in [1.165, 1.54) is 0 Å². The van der Waals surface area contributed by atoms with Crippen molar-refractivity contribution in [2.75, 3.05) is 13.2 Å². The van der Waals surface area contributed by atoms with E-state index in [9.17, 15) is 4.79 Å². The molecule has 1 N–H and O–H groups in total. The summed E-state index contributed by atoms with van der Waals surface area (Å²) in [4.78, 5) is 12.5. The predicted octanol–water partition coefficient (Wildman–Crippen LogP) is 3.89. The van der Waals surface area contributed by atoms with E-state index in [0.717, 1.165) is 12.2 Å². The number of fused-ring (bicyclic) bond motifs is 1. The van der Waals surface area contributed by atoms with E-state index in [0.29, 0.717) is 41.1 Å². The molecule has 0 radical (unpaired) electrons. The number of halogens is 1. The maximum absolute atomic E-state index is 12.5. The van der Waals surface area contributed by atoms with Gasteiger partial charge in [0.25, 0.3) is 5.91 Å². The van der Waals surface area contributed by atoms with Crippen molar-refractivity contribution in [2.24, 2.45) is 0 Å². The number of carbonyl (C=O) groups is 1. The third-order valence-electron chi connectivity index (χ3n) is 3.60. The Morgan fingerprint density at radius 2 is 2.04 bits per heavy atom. The van der Waals surface area contributed by atoms with Crippen molar-refractivity contribution in [3.63, 3.8) is 0 Å². The summed E-state index contributed by atoms with van der Waals surface area (Å²) in [5.41, 5.74) is 0.425. The molecule has 0 saturated heterocycles. The lowest BCUT2D eigenvalue weighted by molar-refractivity contribution is 0.0934. The molecule has 1 amide bonds. The molecule has 1 aliphatic heterocycles. The topological polar surface area (TPSA) is 60.7 Å². The van der Waals surface area contributed by atoms with E-state index >= 15 is 0 Å². The quantitative estimate of drug-likeness (QED) is 0.924. The minimum absolute atomic E-state index is 0.244. The van der Waals surface area contributed by atoms with Crippen LogP contribution in [0.1, 0.15) is 41.3 Å². The van der Waals surface area contributed by atoms with Crippen molar-refractivity contribution in [3.8, 4) is 11.5 Å². The van der Waals surface area contributed by atoms with E-state index < -0.39 is 0 Å². The molecule has 0 fully saturated rings. The van der Waals surface area contributed by atoms with Crippen LogP contribution in [0.15, 0.2) is 28.7 Å². The Morgan fingerprint density at radius 3 is 2.78 bits per heavy atom. The summed E-state index contributed by atoms with van der Waals surface area (Å²) >= 11 is 6.22. The molecule has 122 valence electrons. The number of hydrogen-bond donors (Lipinski definition) is 1. The number of amides is 1. The molecular formula is C17H18ClNO4. The van der Waals surface area contributed by atoms with E-state index in [1.54, 1.807) is 12.1 Å². The number of nitrogens with one attached hydrogen (secondary N) is 1. The second-order valence-corrected chi connectivity index (χ2v) is 5.89. The third-order valence-corrected chi connectivity index (χ3v) is 3.88. The van der Waals surface area contributed by atoms with Crippen LogP contribution in [-0.2, 0) is 0 Å². The Labute approximate surface area is 139 Å². The van der Waals surface area contributed by atoms with E-state index in [1.807, 2.05) is 26.0 Å². The van der Waals surface area contributed by atoms with Crippen LogP contribution in [0.4, 0.5) is 0 Å². The Morgan fingerprint density at radius 1 is 1.26 bits per heavy atom. The van der Waals surface area contributed by atoms with Gasteiger partial charge in [0.1, 0.15) is 11.5 Å². The maximum atomic E-state index is 12.5. The molecule has 0 saturated carbocycles. The fraction of sp³-hybridized carbons (Fsp3) is 0.353. The minimum Gasteiger partial charge on any atom is -0.489 e. The van der Waals surface area contributed by atoms with Crippen LogP contribution in [0.5, 0.6) is 11.5 Å². The molecule has 2 heterocycles. The molecular weight excluding hydrogens is 318 g/mol. The number of carbonyl (C=O) groups excluding carboxylic acids is 1.